The van der Waals surface area contributed by atoms with Gasteiger partial charge in [0, 0.05) is 16.8 Å². The number of hydrogen-bond donors (Lipinski definition) is 1. The molecule has 1 aliphatic carbocycles. The van der Waals surface area contributed by atoms with Crippen LogP contribution in [-0.4, -0.2) is 20.8 Å². The predicted molar refractivity (Wildman–Crippen MR) is 120 cm³/mol. The molecule has 1 aliphatic rings. The first kappa shape index (κ1) is 19.8. The largest absolute Gasteiger partial charge is 0.280 e. The number of anilines is 1. The van der Waals surface area contributed by atoms with E-state index >= 15 is 0 Å². The van der Waals surface area contributed by atoms with Crippen LogP contribution >= 0.6 is 0 Å². The summed E-state index contributed by atoms with van der Waals surface area (Å²) in [6.45, 7) is 0. The zero-order valence-electron chi connectivity index (χ0n) is 16.5. The van der Waals surface area contributed by atoms with Gasteiger partial charge in [-0.3, -0.25) is 4.72 Å². The van der Waals surface area contributed by atoms with Gasteiger partial charge in [0.05, 0.1) is 15.3 Å². The summed E-state index contributed by atoms with van der Waals surface area (Å²) in [4.78, 5) is 0.403. The van der Waals surface area contributed by atoms with Gasteiger partial charge < -0.3 is 0 Å². The van der Waals surface area contributed by atoms with E-state index in [9.17, 15) is 16.8 Å². The van der Waals surface area contributed by atoms with E-state index in [1.54, 1.807) is 66.7 Å². The summed E-state index contributed by atoms with van der Waals surface area (Å²) in [6, 6.07) is 21.5. The third kappa shape index (κ3) is 3.32. The van der Waals surface area contributed by atoms with Gasteiger partial charge in [-0.25, -0.2) is 20.8 Å². The highest BCUT2D eigenvalue weighted by molar-refractivity contribution is 7.92. The first-order valence-corrected chi connectivity index (χ1v) is 12.8. The van der Waals surface area contributed by atoms with E-state index < -0.39 is 20.0 Å². The molecule has 0 saturated carbocycles. The molecule has 4 aromatic rings. The van der Waals surface area contributed by atoms with Crippen molar-refractivity contribution in [2.75, 3.05) is 4.72 Å². The lowest BCUT2D eigenvalue weighted by Gasteiger charge is -2.12. The van der Waals surface area contributed by atoms with E-state index in [0.29, 0.717) is 17.6 Å². The fraction of sp³-hybridized carbons (Fsp3) is 0.130. The number of nitrogens with one attached hydrogen (secondary N) is 1. The normalized spacial score (nSPS) is 13.9. The molecule has 3 aromatic carbocycles. The number of aromatic nitrogens is 1. The average Bonchev–Trinajstić information content (AvgIpc) is 3.35. The first-order chi connectivity index (χ1) is 14.9. The molecule has 158 valence electrons. The SMILES string of the molecule is O=S(=O)(Nc1ccc2c(c1)c1c(n2S(=O)(=O)c2ccccc2)CCC1)c1ccccc1. The number of rotatable bonds is 5. The maximum Gasteiger partial charge on any atom is 0.268 e. The second kappa shape index (κ2) is 7.25. The van der Waals surface area contributed by atoms with Crippen LogP contribution in [0.5, 0.6) is 0 Å². The molecule has 1 aromatic heterocycles. The Morgan fingerprint density at radius 2 is 1.39 bits per heavy atom. The fourth-order valence-electron chi connectivity index (χ4n) is 4.19. The maximum atomic E-state index is 13.4. The quantitative estimate of drug-likeness (QED) is 0.493. The minimum absolute atomic E-state index is 0.171. The zero-order valence-corrected chi connectivity index (χ0v) is 18.2. The van der Waals surface area contributed by atoms with Crippen LogP contribution in [0, 0.1) is 0 Å². The molecule has 0 aliphatic heterocycles. The maximum absolute atomic E-state index is 13.4. The highest BCUT2D eigenvalue weighted by Gasteiger charge is 2.29. The van der Waals surface area contributed by atoms with E-state index in [-0.39, 0.29) is 9.79 Å². The highest BCUT2D eigenvalue weighted by atomic mass is 32.2. The highest BCUT2D eigenvalue weighted by Crippen LogP contribution is 2.37. The Labute approximate surface area is 181 Å². The van der Waals surface area contributed by atoms with Crippen LogP contribution in [0.3, 0.4) is 0 Å². The van der Waals surface area contributed by atoms with E-state index in [1.165, 1.54) is 16.1 Å². The van der Waals surface area contributed by atoms with Crippen molar-refractivity contribution in [2.24, 2.45) is 0 Å². The summed E-state index contributed by atoms with van der Waals surface area (Å²) in [5.41, 5.74) is 2.72. The van der Waals surface area contributed by atoms with Crippen molar-refractivity contribution in [1.29, 1.82) is 0 Å². The van der Waals surface area contributed by atoms with Crippen molar-refractivity contribution in [3.05, 3.63) is 90.1 Å². The van der Waals surface area contributed by atoms with Crippen molar-refractivity contribution in [2.45, 2.75) is 29.1 Å². The van der Waals surface area contributed by atoms with Gasteiger partial charge >= 0.3 is 0 Å². The Morgan fingerprint density at radius 1 is 0.742 bits per heavy atom. The van der Waals surface area contributed by atoms with Crippen LogP contribution in [0.25, 0.3) is 10.9 Å². The van der Waals surface area contributed by atoms with Gasteiger partial charge in [0.25, 0.3) is 20.0 Å². The minimum Gasteiger partial charge on any atom is -0.280 e. The molecule has 0 spiro atoms. The molecule has 0 radical (unpaired) electrons. The summed E-state index contributed by atoms with van der Waals surface area (Å²) >= 11 is 0. The second-order valence-electron chi connectivity index (χ2n) is 7.51. The van der Waals surface area contributed by atoms with Gasteiger partial charge in [0.2, 0.25) is 0 Å². The van der Waals surface area contributed by atoms with Gasteiger partial charge in [-0.2, -0.15) is 0 Å². The van der Waals surface area contributed by atoms with E-state index in [4.69, 9.17) is 0 Å². The summed E-state index contributed by atoms with van der Waals surface area (Å²) in [5, 5.41) is 0.764. The van der Waals surface area contributed by atoms with Crippen molar-refractivity contribution in [1.82, 2.24) is 3.97 Å². The Kier molecular flexibility index (Phi) is 4.64. The van der Waals surface area contributed by atoms with Crippen molar-refractivity contribution in [3.8, 4) is 0 Å². The summed E-state index contributed by atoms with van der Waals surface area (Å²) in [5.74, 6) is 0. The number of benzene rings is 3. The van der Waals surface area contributed by atoms with Crippen molar-refractivity contribution < 1.29 is 16.8 Å². The number of fused-ring (bicyclic) bond motifs is 3. The molecule has 6 nitrogen and oxygen atoms in total. The van der Waals surface area contributed by atoms with Crippen molar-refractivity contribution >= 4 is 36.6 Å². The number of hydrogen-bond acceptors (Lipinski definition) is 4. The molecular weight excluding hydrogens is 432 g/mol. The molecular formula is C23H20N2O4S2. The van der Waals surface area contributed by atoms with E-state index in [2.05, 4.69) is 4.72 Å². The number of nitrogens with zero attached hydrogens (tertiary/aromatic N) is 1. The van der Waals surface area contributed by atoms with Crippen LogP contribution in [0.15, 0.2) is 88.7 Å². The Hall–Kier alpha value is -3.10. The van der Waals surface area contributed by atoms with Crippen LogP contribution < -0.4 is 4.72 Å². The molecule has 5 rings (SSSR count). The molecule has 8 heteroatoms. The molecule has 0 amide bonds. The summed E-state index contributed by atoms with van der Waals surface area (Å²) in [6.07, 6.45) is 2.30. The predicted octanol–water partition coefficient (Wildman–Crippen LogP) is 4.17. The third-order valence-corrected chi connectivity index (χ3v) is 8.72. The Bertz CT molecular complexity index is 1490. The topological polar surface area (TPSA) is 85.2 Å². The van der Waals surface area contributed by atoms with Crippen LogP contribution in [0.4, 0.5) is 5.69 Å². The molecule has 1 heterocycles. The Balaban J connectivity index is 1.64. The molecule has 0 bridgehead atoms. The molecule has 0 saturated heterocycles. The molecule has 1 N–H and O–H groups in total. The lowest BCUT2D eigenvalue weighted by atomic mass is 10.1. The van der Waals surface area contributed by atoms with Gasteiger partial charge in [0.15, 0.2) is 0 Å². The van der Waals surface area contributed by atoms with Gasteiger partial charge in [-0.1, -0.05) is 36.4 Å². The average molecular weight is 453 g/mol. The van der Waals surface area contributed by atoms with E-state index in [1.807, 2.05) is 0 Å². The Morgan fingerprint density at radius 3 is 2.06 bits per heavy atom. The minimum atomic E-state index is -3.76. The summed E-state index contributed by atoms with van der Waals surface area (Å²) in [7, 11) is -7.50. The number of sulfonamides is 1. The standard InChI is InChI=1S/C23H20N2O4S2/c26-30(27,18-8-3-1-4-9-18)24-17-14-15-23-21(16-17)20-12-7-13-22(20)25(23)31(28,29)19-10-5-2-6-11-19/h1-6,8-11,14-16,24H,7,12-13H2. The van der Waals surface area contributed by atoms with Gasteiger partial charge in [-0.15, -0.1) is 0 Å². The number of aryl methyl sites for hydroxylation is 1. The molecule has 0 fully saturated rings. The smallest absolute Gasteiger partial charge is 0.268 e. The molecule has 0 unspecified atom stereocenters. The van der Waals surface area contributed by atoms with Crippen LogP contribution in [0.1, 0.15) is 17.7 Å². The second-order valence-corrected chi connectivity index (χ2v) is 11.0. The van der Waals surface area contributed by atoms with E-state index in [0.717, 1.165) is 29.5 Å². The van der Waals surface area contributed by atoms with Gasteiger partial charge in [0.1, 0.15) is 0 Å². The molecule has 31 heavy (non-hydrogen) atoms. The van der Waals surface area contributed by atoms with Crippen molar-refractivity contribution in [3.63, 3.8) is 0 Å². The fourth-order valence-corrected chi connectivity index (χ4v) is 6.88. The summed E-state index contributed by atoms with van der Waals surface area (Å²) < 4.78 is 56.3. The van der Waals surface area contributed by atoms with Crippen LogP contribution in [-0.2, 0) is 32.9 Å². The van der Waals surface area contributed by atoms with Crippen LogP contribution in [0.2, 0.25) is 0 Å². The van der Waals surface area contributed by atoms with Gasteiger partial charge in [-0.05, 0) is 67.3 Å². The monoisotopic (exact) mass is 452 g/mol. The lowest BCUT2D eigenvalue weighted by molar-refractivity contribution is 0.587. The first-order valence-electron chi connectivity index (χ1n) is 9.93. The third-order valence-electron chi connectivity index (χ3n) is 5.56. The lowest BCUT2D eigenvalue weighted by Crippen LogP contribution is -2.15. The zero-order chi connectivity index (χ0) is 21.6. The molecule has 0 atom stereocenters.